The Morgan fingerprint density at radius 2 is 1.33 bits per heavy atom. The Hall–Kier alpha value is -0.260. The molecule has 5 heteroatoms. The molecule has 0 aliphatic heterocycles. The molecule has 0 aliphatic rings. The molecule has 0 unspecified atom stereocenters. The summed E-state index contributed by atoms with van der Waals surface area (Å²) in [5, 5.41) is 0. The third-order valence-electron chi connectivity index (χ3n) is 4.86. The van der Waals surface area contributed by atoms with Crippen molar-refractivity contribution in [3.63, 3.8) is 0 Å². The first-order valence-corrected chi connectivity index (χ1v) is 11.9. The summed E-state index contributed by atoms with van der Waals surface area (Å²) < 4.78 is 11.4. The third kappa shape index (κ3) is 14.7. The average molecular weight is 448 g/mol. The number of hydrogen-bond acceptors (Lipinski definition) is 4. The summed E-state index contributed by atoms with van der Waals surface area (Å²) in [5.41, 5.74) is -1.02. The maximum absolute atomic E-state index is 13.4. The SMILES string of the molecule is CC.COC(C)(C)CCOC(C)(C)CC(=O)N(CC(C)(C)C)C(C)(C)CC(C)(C)S. The molecule has 1 amide bonds. The standard InChI is InChI=1S/C23H47NO3S.C2H6/c1-19(2,3)17-24(20(4,5)16-23(10,11)28)18(25)15-22(8,9)27-14-13-21(6,7)26-12;1-2/h28H,13-17H2,1-12H3;1-2H3. The molecule has 0 radical (unpaired) electrons. The summed E-state index contributed by atoms with van der Waals surface area (Å²) >= 11 is 4.72. The van der Waals surface area contributed by atoms with E-state index in [4.69, 9.17) is 22.1 Å². The van der Waals surface area contributed by atoms with E-state index in [0.29, 0.717) is 19.6 Å². The molecule has 0 N–H and O–H groups in total. The van der Waals surface area contributed by atoms with Crippen LogP contribution in [0.15, 0.2) is 0 Å². The highest BCUT2D eigenvalue weighted by Gasteiger charge is 2.38. The molecule has 182 valence electrons. The number of carbonyl (C=O) groups excluding carboxylic acids is 1. The zero-order chi connectivity index (χ0) is 24.6. The second kappa shape index (κ2) is 12.1. The Kier molecular flexibility index (Phi) is 12.9. The molecule has 0 saturated carbocycles. The van der Waals surface area contributed by atoms with Crippen LogP contribution in [0.2, 0.25) is 0 Å². The Labute approximate surface area is 194 Å². The first-order valence-electron chi connectivity index (χ1n) is 11.4. The van der Waals surface area contributed by atoms with E-state index in [0.717, 1.165) is 12.8 Å². The second-order valence-corrected chi connectivity index (χ2v) is 13.1. The molecule has 0 rings (SSSR count). The van der Waals surface area contributed by atoms with E-state index in [1.165, 1.54) is 0 Å². The van der Waals surface area contributed by atoms with Crippen LogP contribution in [0.4, 0.5) is 0 Å². The number of thiol groups is 1. The van der Waals surface area contributed by atoms with E-state index < -0.39 is 5.60 Å². The second-order valence-electron chi connectivity index (χ2n) is 11.8. The fourth-order valence-electron chi connectivity index (χ4n) is 3.45. The van der Waals surface area contributed by atoms with Gasteiger partial charge in [-0.2, -0.15) is 12.6 Å². The van der Waals surface area contributed by atoms with E-state index in [2.05, 4.69) is 48.5 Å². The van der Waals surface area contributed by atoms with Gasteiger partial charge < -0.3 is 14.4 Å². The Morgan fingerprint density at radius 3 is 1.70 bits per heavy atom. The Morgan fingerprint density at radius 1 is 0.867 bits per heavy atom. The van der Waals surface area contributed by atoms with Crippen LogP contribution in [-0.2, 0) is 14.3 Å². The summed E-state index contributed by atoms with van der Waals surface area (Å²) in [6.45, 7) is 28.3. The highest BCUT2D eigenvalue weighted by Crippen LogP contribution is 2.33. The molecule has 0 aromatic rings. The Balaban J connectivity index is 0. The average Bonchev–Trinajstić information content (AvgIpc) is 2.50. The molecule has 0 aromatic carbocycles. The van der Waals surface area contributed by atoms with Crippen LogP contribution < -0.4 is 0 Å². The molecule has 0 spiro atoms. The lowest BCUT2D eigenvalue weighted by atomic mass is 9.86. The molecule has 30 heavy (non-hydrogen) atoms. The minimum atomic E-state index is -0.524. The van der Waals surface area contributed by atoms with Crippen molar-refractivity contribution < 1.29 is 14.3 Å². The molecule has 0 atom stereocenters. The molecular formula is C25H53NO3S. The van der Waals surface area contributed by atoms with Crippen molar-refractivity contribution in [2.75, 3.05) is 20.3 Å². The molecule has 0 bridgehead atoms. The Bertz CT molecular complexity index is 500. The predicted molar refractivity (Wildman–Crippen MR) is 135 cm³/mol. The molecule has 0 aromatic heterocycles. The molecule has 0 saturated heterocycles. The van der Waals surface area contributed by atoms with Crippen molar-refractivity contribution in [3.8, 4) is 0 Å². The number of ether oxygens (including phenoxy) is 2. The van der Waals surface area contributed by atoms with Crippen molar-refractivity contribution in [1.29, 1.82) is 0 Å². The van der Waals surface area contributed by atoms with Gasteiger partial charge in [0, 0.05) is 23.9 Å². The van der Waals surface area contributed by atoms with E-state index in [-0.39, 0.29) is 27.2 Å². The van der Waals surface area contributed by atoms with Crippen LogP contribution in [-0.4, -0.2) is 52.6 Å². The molecule has 0 aliphatic carbocycles. The van der Waals surface area contributed by atoms with Gasteiger partial charge in [0.1, 0.15) is 0 Å². The van der Waals surface area contributed by atoms with E-state index >= 15 is 0 Å². The maximum atomic E-state index is 13.4. The summed E-state index contributed by atoms with van der Waals surface area (Å²) in [7, 11) is 1.71. The van der Waals surface area contributed by atoms with Crippen LogP contribution in [0.5, 0.6) is 0 Å². The van der Waals surface area contributed by atoms with Gasteiger partial charge in [-0.25, -0.2) is 0 Å². The first-order chi connectivity index (χ1) is 13.2. The van der Waals surface area contributed by atoms with E-state index in [1.54, 1.807) is 7.11 Å². The lowest BCUT2D eigenvalue weighted by Crippen LogP contribution is -2.54. The molecule has 0 heterocycles. The summed E-state index contributed by atoms with van der Waals surface area (Å²) in [6, 6.07) is 0. The van der Waals surface area contributed by atoms with Gasteiger partial charge in [-0.05, 0) is 59.8 Å². The maximum Gasteiger partial charge on any atom is 0.225 e. The number of rotatable bonds is 11. The van der Waals surface area contributed by atoms with Crippen molar-refractivity contribution in [2.24, 2.45) is 5.41 Å². The number of carbonyl (C=O) groups is 1. The minimum absolute atomic E-state index is 0.0150. The largest absolute Gasteiger partial charge is 0.379 e. The van der Waals surface area contributed by atoms with Gasteiger partial charge in [0.15, 0.2) is 0 Å². The number of amides is 1. The summed E-state index contributed by atoms with van der Waals surface area (Å²) in [6.07, 6.45) is 1.95. The van der Waals surface area contributed by atoms with Crippen molar-refractivity contribution >= 4 is 18.5 Å². The van der Waals surface area contributed by atoms with Crippen LogP contribution >= 0.6 is 12.6 Å². The van der Waals surface area contributed by atoms with Crippen LogP contribution in [0.1, 0.15) is 109 Å². The van der Waals surface area contributed by atoms with Gasteiger partial charge in [-0.1, -0.05) is 48.5 Å². The van der Waals surface area contributed by atoms with Crippen molar-refractivity contribution in [1.82, 2.24) is 4.90 Å². The van der Waals surface area contributed by atoms with Gasteiger partial charge in [0.25, 0.3) is 0 Å². The number of hydrogen-bond donors (Lipinski definition) is 1. The van der Waals surface area contributed by atoms with Gasteiger partial charge in [-0.15, -0.1) is 0 Å². The van der Waals surface area contributed by atoms with Gasteiger partial charge >= 0.3 is 0 Å². The lowest BCUT2D eigenvalue weighted by molar-refractivity contribution is -0.146. The smallest absolute Gasteiger partial charge is 0.225 e. The normalized spacial score (nSPS) is 13.6. The number of methoxy groups -OCH3 is 1. The van der Waals surface area contributed by atoms with Crippen LogP contribution in [0.25, 0.3) is 0 Å². The van der Waals surface area contributed by atoms with Crippen molar-refractivity contribution in [2.45, 2.75) is 131 Å². The molecule has 4 nitrogen and oxygen atoms in total. The molecular weight excluding hydrogens is 394 g/mol. The minimum Gasteiger partial charge on any atom is -0.379 e. The highest BCUT2D eigenvalue weighted by atomic mass is 32.1. The summed E-state index contributed by atoms with van der Waals surface area (Å²) in [4.78, 5) is 15.4. The zero-order valence-electron chi connectivity index (χ0n) is 22.7. The quantitative estimate of drug-likeness (QED) is 0.355. The van der Waals surface area contributed by atoms with Crippen LogP contribution in [0.3, 0.4) is 0 Å². The molecule has 0 fully saturated rings. The fourth-order valence-corrected chi connectivity index (χ4v) is 3.84. The van der Waals surface area contributed by atoms with E-state index in [1.807, 2.05) is 46.4 Å². The lowest BCUT2D eigenvalue weighted by Gasteiger charge is -2.46. The summed E-state index contributed by atoms with van der Waals surface area (Å²) in [5.74, 6) is 0.133. The monoisotopic (exact) mass is 447 g/mol. The van der Waals surface area contributed by atoms with Gasteiger partial charge in [-0.3, -0.25) is 4.79 Å². The van der Waals surface area contributed by atoms with Gasteiger partial charge in [0.05, 0.1) is 24.2 Å². The van der Waals surface area contributed by atoms with Crippen LogP contribution in [0, 0.1) is 5.41 Å². The highest BCUT2D eigenvalue weighted by molar-refractivity contribution is 7.81. The first kappa shape index (κ1) is 31.9. The van der Waals surface area contributed by atoms with E-state index in [9.17, 15) is 4.79 Å². The predicted octanol–water partition coefficient (Wildman–Crippen LogP) is 6.76. The number of nitrogens with zero attached hydrogens (tertiary/aromatic N) is 1. The topological polar surface area (TPSA) is 38.8 Å². The van der Waals surface area contributed by atoms with Crippen molar-refractivity contribution in [3.05, 3.63) is 0 Å². The fraction of sp³-hybridized carbons (Fsp3) is 0.960. The third-order valence-corrected chi connectivity index (χ3v) is 5.01. The zero-order valence-corrected chi connectivity index (χ0v) is 23.5. The van der Waals surface area contributed by atoms with Gasteiger partial charge in [0.2, 0.25) is 5.91 Å².